The van der Waals surface area contributed by atoms with Gasteiger partial charge in [-0.05, 0) is 0 Å². The molecule has 0 aromatic carbocycles. The zero-order valence-corrected chi connectivity index (χ0v) is 8.83. The van der Waals surface area contributed by atoms with E-state index in [9.17, 15) is 0 Å². The third kappa shape index (κ3) is 17.8. The zero-order valence-electron chi connectivity index (χ0n) is 3.48. The van der Waals surface area contributed by atoms with Gasteiger partial charge in [-0.2, -0.15) is 0 Å². The summed E-state index contributed by atoms with van der Waals surface area (Å²) in [7, 11) is -3.35. The van der Waals surface area contributed by atoms with E-state index >= 15 is 0 Å². The zero-order chi connectivity index (χ0) is 5.15. The van der Waals surface area contributed by atoms with E-state index in [0.717, 1.165) is 0 Å². The van der Waals surface area contributed by atoms with Crippen LogP contribution in [0.25, 0.3) is 0 Å². The average molecular weight is 431 g/mol. The van der Waals surface area contributed by atoms with Crippen LogP contribution >= 0.6 is 8.38 Å². The summed E-state index contributed by atoms with van der Waals surface area (Å²) in [5, 5.41) is 8.99. The Bertz CT molecular complexity index is 66.8. The summed E-state index contributed by atoms with van der Waals surface area (Å²) in [5.74, 6) is 0. The Morgan fingerprint density at radius 1 is 1.11 bits per heavy atom. The van der Waals surface area contributed by atoms with Crippen molar-refractivity contribution in [1.29, 1.82) is 0 Å². The normalized spacial score (nSPS) is 6.11. The van der Waals surface area contributed by atoms with Crippen molar-refractivity contribution in [2.45, 2.75) is 0 Å². The fourth-order valence-corrected chi connectivity index (χ4v) is 0. The van der Waals surface area contributed by atoms with Gasteiger partial charge in [-0.1, -0.05) is 0 Å². The first kappa shape index (κ1) is 22.5. The summed E-state index contributed by atoms with van der Waals surface area (Å²) in [6, 6.07) is 0. The molecule has 0 aromatic rings. The molecule has 0 aliphatic heterocycles. The predicted octanol–water partition coefficient (Wildman–Crippen LogP) is -2.65. The van der Waals surface area contributed by atoms with Gasteiger partial charge in [0, 0.05) is 5.71 Å². The summed E-state index contributed by atoms with van der Waals surface area (Å²) in [6.45, 7) is 0. The van der Waals surface area contributed by atoms with Crippen LogP contribution in [0.4, 0.5) is 4.79 Å². The summed E-state index contributed by atoms with van der Waals surface area (Å²) in [5.41, 5.74) is -2.04. The molecule has 66 valence electrons. The van der Waals surface area contributed by atoms with E-state index in [0.29, 0.717) is 0 Å². The van der Waals surface area contributed by atoms with Crippen LogP contribution in [0.3, 0.4) is 0 Å². The fraction of sp³-hybridized carbons (Fsp3) is 0. The first-order valence-electron chi connectivity index (χ1n) is 0.997. The van der Waals surface area contributed by atoms with Crippen molar-refractivity contribution in [2.75, 3.05) is 0 Å². The quantitative estimate of drug-likeness (QED) is 0.336. The van der Waals surface area contributed by atoms with Gasteiger partial charge in [-0.25, -0.2) is 0 Å². The number of hydrogen-bond acceptors (Lipinski definition) is 4. The first-order valence-corrected chi connectivity index (χ1v) is 2.17. The van der Waals surface area contributed by atoms with E-state index in [2.05, 4.69) is 0 Å². The Hall–Kier alpha value is 2.04. The molecule has 9 heavy (non-hydrogen) atoms. The molecule has 8 heteroatoms. The van der Waals surface area contributed by atoms with Crippen LogP contribution < -0.4 is 14.9 Å². The van der Waals surface area contributed by atoms with Crippen molar-refractivity contribution in [3.8, 4) is 0 Å². The third-order valence-corrected chi connectivity index (χ3v) is 0.447. The summed E-state index contributed by atoms with van der Waals surface area (Å²) >= 11 is 0. The van der Waals surface area contributed by atoms with Crippen molar-refractivity contribution in [3.05, 3.63) is 0 Å². The smallest absolute Gasteiger partial charge is 0.837 e. The Kier molecular flexibility index (Phi) is 31.7. The van der Waals surface area contributed by atoms with E-state index in [4.69, 9.17) is 19.7 Å². The van der Waals surface area contributed by atoms with E-state index < -0.39 is 14.1 Å². The number of carboxylic acid groups (broad SMARTS) is 1. The van der Waals surface area contributed by atoms with Crippen LogP contribution in [0.1, 0.15) is 0 Å². The average Bonchev–Trinajstić information content (AvgIpc) is 1.36. The molecule has 0 rings (SSSR count). The second kappa shape index (κ2) is 12.7. The summed E-state index contributed by atoms with van der Waals surface area (Å²) in [4.78, 5) is 27.1. The fourth-order valence-electron chi connectivity index (χ4n) is 0. The van der Waals surface area contributed by atoms with Gasteiger partial charge in [0.25, 0.3) is 0 Å². The second-order valence-electron chi connectivity index (χ2n) is 0.523. The van der Waals surface area contributed by atoms with Gasteiger partial charge in [0.2, 0.25) is 0 Å². The largest absolute Gasteiger partial charge is 1.00 e. The second-order valence-corrected chi connectivity index (χ2v) is 1.40. The molecule has 0 spiro atoms. The van der Waals surface area contributed by atoms with Crippen LogP contribution in [0.15, 0.2) is 0 Å². The van der Waals surface area contributed by atoms with Gasteiger partial charge in [-0.15, -0.1) is 0 Å². The predicted molar refractivity (Wildman–Crippen MR) is 12.3 cm³/mol. The minimum Gasteiger partial charge on any atom is -0.837 e. The maximum Gasteiger partial charge on any atom is 1.00 e. The van der Waals surface area contributed by atoms with E-state index in [1.807, 2.05) is 0 Å². The van der Waals surface area contributed by atoms with Crippen LogP contribution in [0.2, 0.25) is 0 Å². The van der Waals surface area contributed by atoms with E-state index in [1.54, 1.807) is 0 Å². The minimum atomic E-state index is -3.35. The molecule has 0 N–H and O–H groups in total. The van der Waals surface area contributed by atoms with Gasteiger partial charge in [0.1, 0.15) is 0 Å². The molecule has 0 aromatic heterocycles. The van der Waals surface area contributed by atoms with Gasteiger partial charge in [0.05, 0.1) is 0 Å². The molecule has 0 bridgehead atoms. The van der Waals surface area contributed by atoms with Crippen LogP contribution in [0.5, 0.6) is 0 Å². The van der Waals surface area contributed by atoms with E-state index in [-0.39, 0.29) is 67.1 Å². The van der Waals surface area contributed by atoms with Gasteiger partial charge in [0.15, 0.2) is 0 Å². The van der Waals surface area contributed by atoms with Gasteiger partial charge in [-0.3, -0.25) is 8.38 Å². The van der Waals surface area contributed by atoms with Crippen LogP contribution in [-0.2, 0) is 67.1 Å². The van der Waals surface area contributed by atoms with Crippen molar-refractivity contribution >= 4 is 14.1 Å². The molecule has 0 saturated carbocycles. The monoisotopic (exact) mass is 428 g/mol. The summed E-state index contributed by atoms with van der Waals surface area (Å²) in [6.07, 6.45) is 0. The molecule has 0 radical (unpaired) electrons. The Morgan fingerprint density at radius 2 is 1.22 bits per heavy atom. The molecular formula is CAg3O4P. The molecule has 0 aliphatic carbocycles. The number of carbonyl (C=O) groups is 1. The van der Waals surface area contributed by atoms with Crippen molar-refractivity contribution in [1.82, 2.24) is 0 Å². The van der Waals surface area contributed by atoms with Gasteiger partial charge >= 0.3 is 67.1 Å². The Morgan fingerprint density at radius 3 is 1.22 bits per heavy atom. The maximum absolute atomic E-state index is 9.07. The molecule has 0 heterocycles. The summed E-state index contributed by atoms with van der Waals surface area (Å²) < 4.78 is 0. The number of carbonyl (C=O) groups excluding carboxylic acids is 1. The van der Waals surface area contributed by atoms with Crippen LogP contribution in [-0.4, -0.2) is 5.71 Å². The Labute approximate surface area is 99.9 Å². The molecule has 4 nitrogen and oxygen atoms in total. The number of hydrogen-bond donors (Lipinski definition) is 0. The molecule has 0 aliphatic rings. The Balaban J connectivity index is -0.0000000417. The topological polar surface area (TPSA) is 86.2 Å². The standard InChI is InChI=1S/CHO4P.3Ag/c2-1(3)6(4)5;;;/h(H,2,3);;;/q-2;3*+1/p-1. The first-order chi connectivity index (χ1) is 2.64. The van der Waals surface area contributed by atoms with Crippen molar-refractivity contribution in [3.63, 3.8) is 0 Å². The van der Waals surface area contributed by atoms with Crippen molar-refractivity contribution in [2.24, 2.45) is 0 Å². The molecule has 0 amide bonds. The van der Waals surface area contributed by atoms with E-state index in [1.165, 1.54) is 0 Å². The maximum atomic E-state index is 9.07. The third-order valence-electron chi connectivity index (χ3n) is 0.149. The molecular weight excluding hydrogens is 431 g/mol. The minimum absolute atomic E-state index is 0. The molecule has 0 fully saturated rings. The van der Waals surface area contributed by atoms with Crippen molar-refractivity contribution < 1.29 is 86.8 Å². The SMILES string of the molecule is O=C([O-])P([O-])[O-].[Ag+].[Ag+].[Ag+]. The van der Waals surface area contributed by atoms with Gasteiger partial charge < -0.3 is 19.7 Å². The van der Waals surface area contributed by atoms with Crippen LogP contribution in [0, 0.1) is 0 Å². The number of rotatable bonds is 1. The molecule has 0 unspecified atom stereocenters. The molecule has 0 atom stereocenters. The molecule has 0 saturated heterocycles.